The Bertz CT molecular complexity index is 681. The van der Waals surface area contributed by atoms with Crippen molar-refractivity contribution in [3.8, 4) is 0 Å². The molecule has 0 amide bonds. The zero-order valence-electron chi connectivity index (χ0n) is 17.1. The van der Waals surface area contributed by atoms with Crippen LogP contribution in [-0.2, 0) is 13.3 Å². The van der Waals surface area contributed by atoms with E-state index < -0.39 is 75.3 Å². The van der Waals surface area contributed by atoms with Gasteiger partial charge in [0.05, 0.1) is 0 Å². The molecule has 0 aromatic rings. The third-order valence-corrected chi connectivity index (χ3v) is 7.27. The molecule has 0 aliphatic rings. The summed E-state index contributed by atoms with van der Waals surface area (Å²) < 4.78 is 241. The van der Waals surface area contributed by atoms with Gasteiger partial charge in [0.1, 0.15) is 0 Å². The van der Waals surface area contributed by atoms with Crippen LogP contribution in [0.2, 0.25) is 0 Å². The summed E-state index contributed by atoms with van der Waals surface area (Å²) >= 11 is 0. The number of halogens is 17. The van der Waals surface area contributed by atoms with Crippen LogP contribution in [0, 0.1) is 0 Å². The second-order valence-electron chi connectivity index (χ2n) is 6.62. The maximum absolute atomic E-state index is 14.2. The third-order valence-electron chi connectivity index (χ3n) is 4.58. The van der Waals surface area contributed by atoms with Gasteiger partial charge in [-0.25, -0.2) is 30.7 Å². The highest BCUT2D eigenvalue weighted by atomic mass is 28.4. The van der Waals surface area contributed by atoms with E-state index in [1.54, 1.807) is 0 Å². The van der Waals surface area contributed by atoms with Gasteiger partial charge in [-0.05, 0) is 0 Å². The van der Waals surface area contributed by atoms with E-state index in [1.807, 2.05) is 0 Å². The summed E-state index contributed by atoms with van der Waals surface area (Å²) in [6, 6.07) is 0. The van der Waals surface area contributed by atoms with Crippen LogP contribution in [0.4, 0.5) is 74.6 Å². The van der Waals surface area contributed by atoms with Crippen LogP contribution in [0.3, 0.4) is 0 Å². The van der Waals surface area contributed by atoms with E-state index in [0.29, 0.717) is 0 Å². The summed E-state index contributed by atoms with van der Waals surface area (Å²) in [7, 11) is -5.03. The maximum atomic E-state index is 14.2. The Morgan fingerprint density at radius 3 is 1.14 bits per heavy atom. The second-order valence-corrected chi connectivity index (χ2v) is 9.56. The standard InChI is InChI=1S/C14H15F17O3Si/c1-32-35(33-2,34-3)9(21)11(24,25)13(28,29)14(30,31)12(26,27)10(22,23)7(18)5(16)4(15)6(17)8(19)20/h4-9H,1-3H3. The third kappa shape index (κ3) is 5.18. The molecule has 5 atom stereocenters. The molecule has 212 valence electrons. The first-order valence-corrected chi connectivity index (χ1v) is 10.3. The van der Waals surface area contributed by atoms with E-state index in [1.165, 1.54) is 0 Å². The summed E-state index contributed by atoms with van der Waals surface area (Å²) in [5.41, 5.74) is 0. The monoisotopic (exact) mass is 582 g/mol. The van der Waals surface area contributed by atoms with Crippen molar-refractivity contribution in [1.82, 2.24) is 0 Å². The van der Waals surface area contributed by atoms with Gasteiger partial charge in [-0.3, -0.25) is 0 Å². The van der Waals surface area contributed by atoms with Gasteiger partial charge in [0.15, 0.2) is 18.5 Å². The molecular formula is C14H15F17O3Si. The van der Waals surface area contributed by atoms with Gasteiger partial charge in [0.25, 0.3) is 6.43 Å². The fourth-order valence-electron chi connectivity index (χ4n) is 2.41. The van der Waals surface area contributed by atoms with Crippen molar-refractivity contribution in [3.63, 3.8) is 0 Å². The van der Waals surface area contributed by atoms with Crippen LogP contribution in [0.5, 0.6) is 0 Å². The van der Waals surface area contributed by atoms with Gasteiger partial charge >= 0.3 is 38.4 Å². The Balaban J connectivity index is 6.54. The lowest BCUT2D eigenvalue weighted by molar-refractivity contribution is -0.413. The topological polar surface area (TPSA) is 27.7 Å². The van der Waals surface area contributed by atoms with Crippen molar-refractivity contribution in [2.24, 2.45) is 0 Å². The van der Waals surface area contributed by atoms with E-state index in [0.717, 1.165) is 0 Å². The van der Waals surface area contributed by atoms with Crippen molar-refractivity contribution < 1.29 is 87.9 Å². The van der Waals surface area contributed by atoms with Crippen LogP contribution in [-0.4, -0.2) is 96.7 Å². The molecule has 21 heteroatoms. The van der Waals surface area contributed by atoms with E-state index in [4.69, 9.17) is 0 Å². The minimum absolute atomic E-state index is 0.251. The molecule has 0 radical (unpaired) electrons. The summed E-state index contributed by atoms with van der Waals surface area (Å²) in [5, 5.41) is 0. The van der Waals surface area contributed by atoms with Crippen LogP contribution in [0.25, 0.3) is 0 Å². The maximum Gasteiger partial charge on any atom is 0.543 e. The lowest BCUT2D eigenvalue weighted by atomic mass is 9.90. The van der Waals surface area contributed by atoms with Crippen molar-refractivity contribution in [3.05, 3.63) is 0 Å². The zero-order chi connectivity index (χ0) is 28.6. The highest BCUT2D eigenvalue weighted by Gasteiger charge is 2.90. The summed E-state index contributed by atoms with van der Waals surface area (Å²) in [5.74, 6) is -43.8. The summed E-state index contributed by atoms with van der Waals surface area (Å²) in [6.07, 6.45) is -24.7. The average Bonchev–Trinajstić information content (AvgIpc) is 2.77. The first-order valence-electron chi connectivity index (χ1n) is 8.45. The largest absolute Gasteiger partial charge is 0.543 e. The van der Waals surface area contributed by atoms with Crippen LogP contribution in [0.15, 0.2) is 0 Å². The van der Waals surface area contributed by atoms with Crippen LogP contribution in [0.1, 0.15) is 0 Å². The summed E-state index contributed by atoms with van der Waals surface area (Å²) in [4.78, 5) is 0. The first-order chi connectivity index (χ1) is 15.4. The van der Waals surface area contributed by atoms with E-state index in [-0.39, 0.29) is 21.3 Å². The smallest absolute Gasteiger partial charge is 0.375 e. The van der Waals surface area contributed by atoms with Gasteiger partial charge in [0.2, 0.25) is 12.0 Å². The Morgan fingerprint density at radius 2 is 0.829 bits per heavy atom. The molecule has 0 rings (SSSR count). The SMILES string of the molecule is CO[Si](OC)(OC)C(F)C(F)(F)C(F)(F)C(F)(F)C(F)(F)C(F)(F)C(F)C(F)C(F)C(F)C(F)F. The minimum atomic E-state index is -8.18. The van der Waals surface area contributed by atoms with Crippen LogP contribution >= 0.6 is 0 Å². The number of hydrogen-bond donors (Lipinski definition) is 0. The van der Waals surface area contributed by atoms with Gasteiger partial charge in [0, 0.05) is 21.3 Å². The van der Waals surface area contributed by atoms with Crippen molar-refractivity contribution in [2.45, 2.75) is 66.5 Å². The Labute approximate surface area is 185 Å². The molecule has 0 aliphatic heterocycles. The lowest BCUT2D eigenvalue weighted by Crippen LogP contribution is -2.74. The van der Waals surface area contributed by atoms with Gasteiger partial charge in [-0.15, -0.1) is 0 Å². The fraction of sp³-hybridized carbons (Fsp3) is 1.00. The Morgan fingerprint density at radius 1 is 0.486 bits per heavy atom. The molecule has 0 aliphatic carbocycles. The zero-order valence-corrected chi connectivity index (χ0v) is 18.1. The first kappa shape index (κ1) is 33.9. The highest BCUT2D eigenvalue weighted by Crippen LogP contribution is 2.60. The number of alkyl halides is 17. The van der Waals surface area contributed by atoms with Crippen LogP contribution < -0.4 is 0 Å². The minimum Gasteiger partial charge on any atom is -0.375 e. The molecule has 0 saturated heterocycles. The lowest BCUT2D eigenvalue weighted by Gasteiger charge is -2.42. The molecule has 0 aromatic carbocycles. The molecule has 0 fully saturated rings. The quantitative estimate of drug-likeness (QED) is 0.199. The molecule has 0 saturated carbocycles. The van der Waals surface area contributed by atoms with E-state index in [2.05, 4.69) is 13.3 Å². The molecule has 5 unspecified atom stereocenters. The predicted molar refractivity (Wildman–Crippen MR) is 82.0 cm³/mol. The van der Waals surface area contributed by atoms with Gasteiger partial charge in [-0.2, -0.15) is 43.9 Å². The molecule has 0 aromatic heterocycles. The molecule has 0 heterocycles. The molecular weight excluding hydrogens is 567 g/mol. The molecule has 0 bridgehead atoms. The molecule has 0 spiro atoms. The van der Waals surface area contributed by atoms with E-state index in [9.17, 15) is 74.6 Å². The highest BCUT2D eigenvalue weighted by molar-refractivity contribution is 6.62. The summed E-state index contributed by atoms with van der Waals surface area (Å²) in [6.45, 7) is 0. The van der Waals surface area contributed by atoms with Crippen molar-refractivity contribution >= 4 is 8.80 Å². The molecule has 0 N–H and O–H groups in total. The second kappa shape index (κ2) is 10.7. The predicted octanol–water partition coefficient (Wildman–Crippen LogP) is 5.54. The average molecular weight is 582 g/mol. The molecule has 3 nitrogen and oxygen atoms in total. The normalized spacial score (nSPS) is 19.5. The van der Waals surface area contributed by atoms with Gasteiger partial charge < -0.3 is 13.3 Å². The van der Waals surface area contributed by atoms with Crippen molar-refractivity contribution in [1.29, 1.82) is 0 Å². The Hall–Kier alpha value is -1.09. The van der Waals surface area contributed by atoms with Crippen molar-refractivity contribution in [2.75, 3.05) is 21.3 Å². The Kier molecular flexibility index (Phi) is 10.4. The van der Waals surface area contributed by atoms with Gasteiger partial charge in [-0.1, -0.05) is 0 Å². The van der Waals surface area contributed by atoms with E-state index >= 15 is 0 Å². The number of hydrogen-bond acceptors (Lipinski definition) is 3. The molecule has 35 heavy (non-hydrogen) atoms. The number of rotatable bonds is 14. The fourth-order valence-corrected chi connectivity index (χ4v) is 4.15.